The lowest BCUT2D eigenvalue weighted by Gasteiger charge is -2.15. The average molecular weight is 369 g/mol. The van der Waals surface area contributed by atoms with Gasteiger partial charge in [0.2, 0.25) is 0 Å². The maximum absolute atomic E-state index is 12.5. The summed E-state index contributed by atoms with van der Waals surface area (Å²) < 4.78 is 9.10. The first kappa shape index (κ1) is 18.8. The number of amides is 2. The Labute approximate surface area is 149 Å². The molecule has 2 amide bonds. The Kier molecular flexibility index (Phi) is 6.37. The van der Waals surface area contributed by atoms with Crippen LogP contribution in [0.2, 0.25) is 5.02 Å². The standard InChI is InChI=1S/C16H17ClN2O6/c1-23-14(20)7-8-18-13(9-15(21)24-2)25-19(16(18)22)10-11-5-3-4-6-12(11)17/h3-8,13H,9-10H2,1-2H3/b8-7+. The zero-order valence-electron chi connectivity index (χ0n) is 13.7. The smallest absolute Gasteiger partial charge is 0.350 e. The fraction of sp³-hybridized carbons (Fsp3) is 0.312. The van der Waals surface area contributed by atoms with Gasteiger partial charge in [-0.15, -0.1) is 0 Å². The second kappa shape index (κ2) is 8.50. The zero-order chi connectivity index (χ0) is 18.4. The lowest BCUT2D eigenvalue weighted by atomic mass is 10.2. The molecular weight excluding hydrogens is 352 g/mol. The monoisotopic (exact) mass is 368 g/mol. The Morgan fingerprint density at radius 1 is 1.28 bits per heavy atom. The van der Waals surface area contributed by atoms with Crippen molar-refractivity contribution in [2.75, 3.05) is 14.2 Å². The van der Waals surface area contributed by atoms with E-state index in [9.17, 15) is 14.4 Å². The third kappa shape index (κ3) is 4.71. The Bertz CT molecular complexity index is 693. The van der Waals surface area contributed by atoms with Crippen LogP contribution in [-0.2, 0) is 30.4 Å². The molecule has 1 aliphatic heterocycles. The van der Waals surface area contributed by atoms with E-state index in [0.717, 1.165) is 16.0 Å². The van der Waals surface area contributed by atoms with E-state index in [0.29, 0.717) is 10.6 Å². The number of ether oxygens (including phenoxy) is 2. The molecule has 0 bridgehead atoms. The summed E-state index contributed by atoms with van der Waals surface area (Å²) >= 11 is 6.10. The summed E-state index contributed by atoms with van der Waals surface area (Å²) in [4.78, 5) is 42.0. The maximum atomic E-state index is 12.5. The molecule has 9 heteroatoms. The molecule has 1 unspecified atom stereocenters. The lowest BCUT2D eigenvalue weighted by Crippen LogP contribution is -2.32. The number of hydrogen-bond donors (Lipinski definition) is 0. The molecule has 134 valence electrons. The van der Waals surface area contributed by atoms with Crippen LogP contribution in [0.3, 0.4) is 0 Å². The molecule has 0 N–H and O–H groups in total. The molecule has 1 aromatic carbocycles. The van der Waals surface area contributed by atoms with Gasteiger partial charge in [0.1, 0.15) is 0 Å². The van der Waals surface area contributed by atoms with Gasteiger partial charge < -0.3 is 9.47 Å². The summed E-state index contributed by atoms with van der Waals surface area (Å²) in [5.41, 5.74) is 0.674. The lowest BCUT2D eigenvalue weighted by molar-refractivity contribution is -0.162. The molecule has 0 saturated carbocycles. The summed E-state index contributed by atoms with van der Waals surface area (Å²) in [6.07, 6.45) is 1.12. The fourth-order valence-corrected chi connectivity index (χ4v) is 2.31. The number of benzene rings is 1. The average Bonchev–Trinajstić information content (AvgIpc) is 2.89. The predicted octanol–water partition coefficient (Wildman–Crippen LogP) is 2.09. The summed E-state index contributed by atoms with van der Waals surface area (Å²) in [7, 11) is 2.44. The van der Waals surface area contributed by atoms with Crippen molar-refractivity contribution in [3.05, 3.63) is 47.1 Å². The minimum Gasteiger partial charge on any atom is -0.469 e. The minimum atomic E-state index is -0.941. The summed E-state index contributed by atoms with van der Waals surface area (Å²) in [5, 5.41) is 1.54. The van der Waals surface area contributed by atoms with Gasteiger partial charge in [-0.25, -0.2) is 14.4 Å². The van der Waals surface area contributed by atoms with Crippen molar-refractivity contribution in [1.82, 2.24) is 9.96 Å². The molecule has 1 atom stereocenters. The van der Waals surface area contributed by atoms with E-state index in [4.69, 9.17) is 16.4 Å². The van der Waals surface area contributed by atoms with Crippen molar-refractivity contribution in [2.45, 2.75) is 19.2 Å². The van der Waals surface area contributed by atoms with E-state index >= 15 is 0 Å². The van der Waals surface area contributed by atoms with Crippen molar-refractivity contribution >= 4 is 29.6 Å². The third-order valence-electron chi connectivity index (χ3n) is 3.41. The van der Waals surface area contributed by atoms with Crippen LogP contribution in [0.15, 0.2) is 36.5 Å². The topological polar surface area (TPSA) is 85.4 Å². The number of carbonyl (C=O) groups is 3. The fourth-order valence-electron chi connectivity index (χ4n) is 2.11. The van der Waals surface area contributed by atoms with E-state index in [1.165, 1.54) is 20.4 Å². The molecule has 0 aromatic heterocycles. The van der Waals surface area contributed by atoms with Gasteiger partial charge in [0.25, 0.3) is 0 Å². The van der Waals surface area contributed by atoms with Crippen LogP contribution < -0.4 is 0 Å². The van der Waals surface area contributed by atoms with Crippen LogP contribution in [0, 0.1) is 0 Å². The highest BCUT2D eigenvalue weighted by Gasteiger charge is 2.39. The summed E-state index contributed by atoms with van der Waals surface area (Å²) in [6, 6.07) is 6.44. The van der Waals surface area contributed by atoms with Gasteiger partial charge in [0, 0.05) is 17.3 Å². The number of urea groups is 1. The van der Waals surface area contributed by atoms with E-state index < -0.39 is 24.2 Å². The van der Waals surface area contributed by atoms with Crippen molar-refractivity contribution in [3.63, 3.8) is 0 Å². The van der Waals surface area contributed by atoms with Crippen LogP contribution in [0.4, 0.5) is 4.79 Å². The molecule has 8 nitrogen and oxygen atoms in total. The maximum Gasteiger partial charge on any atom is 0.350 e. The normalized spacial score (nSPS) is 17.2. The first-order chi connectivity index (χ1) is 12.0. The Morgan fingerprint density at radius 2 is 2.00 bits per heavy atom. The van der Waals surface area contributed by atoms with Gasteiger partial charge in [-0.2, -0.15) is 5.06 Å². The van der Waals surface area contributed by atoms with Gasteiger partial charge in [-0.3, -0.25) is 9.69 Å². The molecule has 1 heterocycles. The van der Waals surface area contributed by atoms with Crippen LogP contribution in [-0.4, -0.2) is 48.4 Å². The number of esters is 2. The summed E-state index contributed by atoms with van der Waals surface area (Å²) in [5.74, 6) is -1.21. The summed E-state index contributed by atoms with van der Waals surface area (Å²) in [6.45, 7) is 0.0821. The Hall–Kier alpha value is -2.58. The van der Waals surface area contributed by atoms with Crippen molar-refractivity contribution in [1.29, 1.82) is 0 Å². The number of halogens is 1. The van der Waals surface area contributed by atoms with Gasteiger partial charge in [0.05, 0.1) is 27.2 Å². The SMILES string of the molecule is COC(=O)/C=C/N1C(=O)N(Cc2ccccc2Cl)OC1CC(=O)OC. The number of methoxy groups -OCH3 is 2. The minimum absolute atomic E-state index is 0.0821. The molecular formula is C16H17ClN2O6. The number of hydroxylamine groups is 2. The van der Waals surface area contributed by atoms with Gasteiger partial charge in [-0.1, -0.05) is 29.8 Å². The van der Waals surface area contributed by atoms with Crippen molar-refractivity contribution < 1.29 is 28.7 Å². The first-order valence-electron chi connectivity index (χ1n) is 7.29. The van der Waals surface area contributed by atoms with Gasteiger partial charge >= 0.3 is 18.0 Å². The van der Waals surface area contributed by atoms with E-state index in [1.807, 2.05) is 0 Å². The van der Waals surface area contributed by atoms with Crippen LogP contribution in [0.25, 0.3) is 0 Å². The molecule has 1 aliphatic rings. The van der Waals surface area contributed by atoms with Crippen LogP contribution in [0.5, 0.6) is 0 Å². The van der Waals surface area contributed by atoms with E-state index in [-0.39, 0.29) is 13.0 Å². The van der Waals surface area contributed by atoms with Crippen molar-refractivity contribution in [2.24, 2.45) is 0 Å². The van der Waals surface area contributed by atoms with E-state index in [1.54, 1.807) is 24.3 Å². The predicted molar refractivity (Wildman–Crippen MR) is 86.9 cm³/mol. The molecule has 25 heavy (non-hydrogen) atoms. The molecule has 0 radical (unpaired) electrons. The zero-order valence-corrected chi connectivity index (χ0v) is 14.4. The quantitative estimate of drug-likeness (QED) is 0.564. The molecule has 0 aliphatic carbocycles. The third-order valence-corrected chi connectivity index (χ3v) is 3.78. The number of carbonyl (C=O) groups excluding carboxylic acids is 3. The molecule has 1 fully saturated rings. The molecule has 1 saturated heterocycles. The second-order valence-corrected chi connectivity index (χ2v) is 5.40. The molecule has 2 rings (SSSR count). The number of rotatable bonds is 6. The second-order valence-electron chi connectivity index (χ2n) is 5.00. The highest BCUT2D eigenvalue weighted by Crippen LogP contribution is 2.25. The van der Waals surface area contributed by atoms with E-state index in [2.05, 4.69) is 9.47 Å². The number of nitrogens with zero attached hydrogens (tertiary/aromatic N) is 2. The Balaban J connectivity index is 2.18. The van der Waals surface area contributed by atoms with Crippen LogP contribution >= 0.6 is 11.6 Å². The van der Waals surface area contributed by atoms with Crippen molar-refractivity contribution in [3.8, 4) is 0 Å². The highest BCUT2D eigenvalue weighted by atomic mass is 35.5. The first-order valence-corrected chi connectivity index (χ1v) is 7.67. The van der Waals surface area contributed by atoms with Gasteiger partial charge in [0.15, 0.2) is 6.23 Å². The van der Waals surface area contributed by atoms with Gasteiger partial charge in [-0.05, 0) is 11.6 Å². The largest absolute Gasteiger partial charge is 0.469 e. The molecule has 0 spiro atoms. The highest BCUT2D eigenvalue weighted by molar-refractivity contribution is 6.31. The number of hydrogen-bond acceptors (Lipinski definition) is 6. The Morgan fingerprint density at radius 3 is 2.64 bits per heavy atom. The van der Waals surface area contributed by atoms with Crippen LogP contribution in [0.1, 0.15) is 12.0 Å². The molecule has 1 aromatic rings.